The molecule has 84 valence electrons. The van der Waals surface area contributed by atoms with Crippen LogP contribution in [0.2, 0.25) is 0 Å². The zero-order valence-electron chi connectivity index (χ0n) is 8.48. The van der Waals surface area contributed by atoms with E-state index in [9.17, 15) is 14.0 Å². The summed E-state index contributed by atoms with van der Waals surface area (Å²) in [5, 5.41) is 14.0. The molecule has 4 nitrogen and oxygen atoms in total. The molecule has 15 heavy (non-hydrogen) atoms. The molecule has 0 aliphatic rings. The van der Waals surface area contributed by atoms with E-state index in [1.165, 1.54) is 6.07 Å². The largest absolute Gasteiger partial charge is 0.400 e. The molecule has 2 N–H and O–H groups in total. The summed E-state index contributed by atoms with van der Waals surface area (Å²) in [6, 6.07) is 3.43. The van der Waals surface area contributed by atoms with Gasteiger partial charge in [0.2, 0.25) is 0 Å². The number of halogens is 1. The van der Waals surface area contributed by atoms with Gasteiger partial charge in [-0.25, -0.2) is 4.39 Å². The minimum atomic E-state index is -0.516. The van der Waals surface area contributed by atoms with Crippen LogP contribution in [0.3, 0.4) is 0 Å². The third-order valence-electron chi connectivity index (χ3n) is 1.30. The molecule has 0 radical (unpaired) electrons. The predicted molar refractivity (Wildman–Crippen MR) is 53.5 cm³/mol. The number of aliphatic hydroxyl groups is 2. The molecule has 0 heterocycles. The monoisotopic (exact) mass is 216 g/mol. The minimum Gasteiger partial charge on any atom is -0.400 e. The minimum absolute atomic E-state index is 0.0833. The lowest BCUT2D eigenvalue weighted by Gasteiger charge is -1.94. The van der Waals surface area contributed by atoms with Gasteiger partial charge < -0.3 is 10.2 Å². The second kappa shape index (κ2) is 10.5. The van der Waals surface area contributed by atoms with Crippen LogP contribution in [0.5, 0.6) is 0 Å². The summed E-state index contributed by atoms with van der Waals surface area (Å²) in [5.74, 6) is -0.516. The second-order valence-electron chi connectivity index (χ2n) is 2.01. The Morgan fingerprint density at radius 2 is 1.47 bits per heavy atom. The molecular weight excluding hydrogens is 203 g/mol. The fourth-order valence-corrected chi connectivity index (χ4v) is 0.755. The second-order valence-corrected chi connectivity index (χ2v) is 2.01. The van der Waals surface area contributed by atoms with Crippen molar-refractivity contribution in [2.24, 2.45) is 0 Å². The van der Waals surface area contributed by atoms with E-state index in [1.807, 2.05) is 0 Å². The Morgan fingerprint density at radius 1 is 1.00 bits per heavy atom. The van der Waals surface area contributed by atoms with Gasteiger partial charge in [0.25, 0.3) is 0 Å². The first-order valence-corrected chi connectivity index (χ1v) is 3.87. The Labute approximate surface area is 87.0 Å². The third-order valence-corrected chi connectivity index (χ3v) is 1.30. The Bertz CT molecular complexity index is 299. The molecule has 1 aromatic carbocycles. The van der Waals surface area contributed by atoms with Gasteiger partial charge in [-0.15, -0.1) is 0 Å². The van der Waals surface area contributed by atoms with Crippen molar-refractivity contribution in [1.82, 2.24) is 0 Å². The lowest BCUT2D eigenvalue weighted by molar-refractivity contribution is 0.109. The average molecular weight is 216 g/mol. The number of carbonyl (C=O) groups is 2. The number of hydrogen-bond acceptors (Lipinski definition) is 4. The van der Waals surface area contributed by atoms with Crippen LogP contribution in [-0.2, 0) is 0 Å². The Morgan fingerprint density at radius 3 is 1.87 bits per heavy atom. The van der Waals surface area contributed by atoms with E-state index >= 15 is 0 Å². The molecule has 0 saturated heterocycles. The number of aldehydes is 2. The fraction of sp³-hybridized carbons (Fsp3) is 0.200. The molecule has 0 unspecified atom stereocenters. The van der Waals surface area contributed by atoms with Gasteiger partial charge in [0, 0.05) is 25.3 Å². The topological polar surface area (TPSA) is 74.6 Å². The van der Waals surface area contributed by atoms with Gasteiger partial charge in [0.1, 0.15) is 5.82 Å². The van der Waals surface area contributed by atoms with Crippen LogP contribution in [0.1, 0.15) is 20.7 Å². The molecule has 0 saturated carbocycles. The van der Waals surface area contributed by atoms with Crippen molar-refractivity contribution in [3.05, 3.63) is 35.1 Å². The molecule has 0 atom stereocenters. The summed E-state index contributed by atoms with van der Waals surface area (Å²) >= 11 is 0. The quantitative estimate of drug-likeness (QED) is 0.712. The highest BCUT2D eigenvalue weighted by Crippen LogP contribution is 2.06. The maximum absolute atomic E-state index is 12.4. The van der Waals surface area contributed by atoms with Crippen molar-refractivity contribution in [3.8, 4) is 0 Å². The van der Waals surface area contributed by atoms with Crippen molar-refractivity contribution in [1.29, 1.82) is 0 Å². The van der Waals surface area contributed by atoms with Gasteiger partial charge in [0.15, 0.2) is 12.6 Å². The van der Waals surface area contributed by atoms with Crippen molar-refractivity contribution in [2.45, 2.75) is 0 Å². The SMILES string of the molecule is CO.CO.O=Cc1ccc(F)cc1C=O. The summed E-state index contributed by atoms with van der Waals surface area (Å²) in [6.45, 7) is 0. The fourth-order valence-electron chi connectivity index (χ4n) is 0.755. The number of rotatable bonds is 2. The van der Waals surface area contributed by atoms with E-state index in [0.29, 0.717) is 12.6 Å². The zero-order chi connectivity index (χ0) is 12.3. The van der Waals surface area contributed by atoms with Crippen molar-refractivity contribution >= 4 is 12.6 Å². The van der Waals surface area contributed by atoms with E-state index < -0.39 is 5.82 Å². The zero-order valence-corrected chi connectivity index (χ0v) is 8.48. The molecule has 0 fully saturated rings. The van der Waals surface area contributed by atoms with E-state index in [1.54, 1.807) is 0 Å². The molecule has 0 bridgehead atoms. The van der Waals surface area contributed by atoms with Crippen LogP contribution in [0.15, 0.2) is 18.2 Å². The lowest BCUT2D eigenvalue weighted by atomic mass is 10.1. The van der Waals surface area contributed by atoms with Gasteiger partial charge in [-0.3, -0.25) is 9.59 Å². The van der Waals surface area contributed by atoms with Crippen LogP contribution in [0.25, 0.3) is 0 Å². The Balaban J connectivity index is 0. The summed E-state index contributed by atoms with van der Waals surface area (Å²) in [4.78, 5) is 20.4. The van der Waals surface area contributed by atoms with Gasteiger partial charge in [-0.2, -0.15) is 0 Å². The van der Waals surface area contributed by atoms with Crippen molar-refractivity contribution in [2.75, 3.05) is 14.2 Å². The highest BCUT2D eigenvalue weighted by Gasteiger charge is 2.00. The molecule has 1 rings (SSSR count). The van der Waals surface area contributed by atoms with Gasteiger partial charge in [-0.05, 0) is 18.2 Å². The van der Waals surface area contributed by atoms with Crippen LogP contribution < -0.4 is 0 Å². The van der Waals surface area contributed by atoms with E-state index in [-0.39, 0.29) is 11.1 Å². The maximum Gasteiger partial charge on any atom is 0.150 e. The summed E-state index contributed by atoms with van der Waals surface area (Å²) in [7, 11) is 2.00. The van der Waals surface area contributed by atoms with Crippen LogP contribution in [-0.4, -0.2) is 37.0 Å². The van der Waals surface area contributed by atoms with Crippen LogP contribution in [0.4, 0.5) is 4.39 Å². The summed E-state index contributed by atoms with van der Waals surface area (Å²) in [5.41, 5.74) is 0.293. The standard InChI is InChI=1S/C8H5FO2.2CH4O/c9-8-2-1-6(4-10)7(3-8)5-11;2*1-2/h1-5H;2*2H,1H3. The smallest absolute Gasteiger partial charge is 0.150 e. The van der Waals surface area contributed by atoms with E-state index in [2.05, 4.69) is 0 Å². The molecule has 0 aliphatic carbocycles. The van der Waals surface area contributed by atoms with Crippen LogP contribution >= 0.6 is 0 Å². The number of hydrogen-bond donors (Lipinski definition) is 2. The maximum atomic E-state index is 12.4. The first-order chi connectivity index (χ1) is 7.27. The number of benzene rings is 1. The molecule has 5 heteroatoms. The summed E-state index contributed by atoms with van der Waals surface area (Å²) in [6.07, 6.45) is 0.968. The average Bonchev–Trinajstić information content (AvgIpc) is 2.34. The lowest BCUT2D eigenvalue weighted by Crippen LogP contribution is -1.90. The molecular formula is C10H13FO4. The van der Waals surface area contributed by atoms with Gasteiger partial charge in [-0.1, -0.05) is 0 Å². The first-order valence-electron chi connectivity index (χ1n) is 3.87. The number of carbonyl (C=O) groups excluding carboxylic acids is 2. The predicted octanol–water partition coefficient (Wildman–Crippen LogP) is 0.668. The van der Waals surface area contributed by atoms with Crippen molar-refractivity contribution < 1.29 is 24.2 Å². The van der Waals surface area contributed by atoms with E-state index in [0.717, 1.165) is 26.4 Å². The molecule has 0 amide bonds. The van der Waals surface area contributed by atoms with Gasteiger partial charge >= 0.3 is 0 Å². The van der Waals surface area contributed by atoms with E-state index in [4.69, 9.17) is 10.2 Å². The third kappa shape index (κ3) is 5.66. The summed E-state index contributed by atoms with van der Waals surface area (Å²) < 4.78 is 12.4. The highest BCUT2D eigenvalue weighted by molar-refractivity contribution is 5.90. The highest BCUT2D eigenvalue weighted by atomic mass is 19.1. The van der Waals surface area contributed by atoms with Crippen LogP contribution in [0, 0.1) is 5.82 Å². The molecule has 0 aromatic heterocycles. The first kappa shape index (κ1) is 15.9. The van der Waals surface area contributed by atoms with Crippen molar-refractivity contribution in [3.63, 3.8) is 0 Å². The Kier molecular flexibility index (Phi) is 11.1. The molecule has 0 aliphatic heterocycles. The number of aliphatic hydroxyl groups excluding tert-OH is 2. The van der Waals surface area contributed by atoms with Gasteiger partial charge in [0.05, 0.1) is 0 Å². The Hall–Kier alpha value is -1.59. The molecule has 0 spiro atoms. The molecule has 1 aromatic rings. The normalized spacial score (nSPS) is 7.53.